The summed E-state index contributed by atoms with van der Waals surface area (Å²) in [5, 5.41) is 2.60. The molecule has 29 heavy (non-hydrogen) atoms. The number of carbonyl (C=O) groups excluding carboxylic acids is 1. The van der Waals surface area contributed by atoms with E-state index in [0.717, 1.165) is 25.9 Å². The molecule has 4 rings (SSSR count). The summed E-state index contributed by atoms with van der Waals surface area (Å²) in [4.78, 5) is 17.3. The van der Waals surface area contributed by atoms with E-state index in [4.69, 9.17) is 23.2 Å². The van der Waals surface area contributed by atoms with E-state index in [1.54, 1.807) is 22.9 Å². The molecule has 3 aromatic rings. The van der Waals surface area contributed by atoms with E-state index < -0.39 is 5.82 Å². The Morgan fingerprint density at radius 3 is 2.52 bits per heavy atom. The van der Waals surface area contributed by atoms with Crippen molar-refractivity contribution in [2.75, 3.05) is 13.1 Å². The van der Waals surface area contributed by atoms with Crippen LogP contribution < -0.4 is 5.43 Å². The number of rotatable bonds is 4. The van der Waals surface area contributed by atoms with Gasteiger partial charge in [-0.15, -0.1) is 0 Å². The smallest absolute Gasteiger partial charge is 0.285 e. The Morgan fingerprint density at radius 1 is 1.03 bits per heavy atom. The van der Waals surface area contributed by atoms with Crippen molar-refractivity contribution in [3.05, 3.63) is 70.2 Å². The summed E-state index contributed by atoms with van der Waals surface area (Å²) in [5.41, 5.74) is 4.29. The number of aromatic nitrogens is 2. The second kappa shape index (κ2) is 8.53. The van der Waals surface area contributed by atoms with E-state index in [2.05, 4.69) is 10.4 Å². The highest BCUT2D eigenvalue weighted by Gasteiger charge is 2.21. The Kier molecular flexibility index (Phi) is 5.85. The summed E-state index contributed by atoms with van der Waals surface area (Å²) in [6.07, 6.45) is 4.85. The van der Waals surface area contributed by atoms with Crippen molar-refractivity contribution in [2.24, 2.45) is 0 Å². The van der Waals surface area contributed by atoms with Gasteiger partial charge in [0.25, 0.3) is 5.91 Å². The van der Waals surface area contributed by atoms with Crippen LogP contribution >= 0.6 is 23.2 Å². The Hall–Kier alpha value is -2.41. The second-order valence-corrected chi connectivity index (χ2v) is 7.70. The fraction of sp³-hybridized carbons (Fsp3) is 0.238. The zero-order valence-electron chi connectivity index (χ0n) is 15.5. The van der Waals surface area contributed by atoms with Crippen molar-refractivity contribution in [3.8, 4) is 17.1 Å². The molecular formula is C21H19Cl2FN4O. The Labute approximate surface area is 178 Å². The van der Waals surface area contributed by atoms with Crippen molar-refractivity contribution in [1.82, 2.24) is 20.0 Å². The molecular weight excluding hydrogens is 414 g/mol. The number of hydrogen-bond acceptors (Lipinski definition) is 3. The summed E-state index contributed by atoms with van der Waals surface area (Å²) < 4.78 is 15.2. The molecule has 0 atom stereocenters. The van der Waals surface area contributed by atoms with Gasteiger partial charge in [-0.25, -0.2) is 14.4 Å². The molecule has 150 valence electrons. The zero-order chi connectivity index (χ0) is 20.4. The summed E-state index contributed by atoms with van der Waals surface area (Å²) in [5.74, 6) is -0.300. The van der Waals surface area contributed by atoms with E-state index >= 15 is 0 Å². The number of nitrogens with zero attached hydrogens (tertiary/aromatic N) is 3. The van der Waals surface area contributed by atoms with E-state index in [9.17, 15) is 9.18 Å². The fourth-order valence-corrected chi connectivity index (χ4v) is 3.87. The molecule has 0 radical (unpaired) electrons. The third kappa shape index (κ3) is 4.29. The first-order valence-corrected chi connectivity index (χ1v) is 10.1. The van der Waals surface area contributed by atoms with Gasteiger partial charge in [0.15, 0.2) is 0 Å². The lowest BCUT2D eigenvalue weighted by molar-refractivity contribution is 0.0745. The molecule has 1 aliphatic rings. The van der Waals surface area contributed by atoms with Crippen LogP contribution in [0.5, 0.6) is 0 Å². The van der Waals surface area contributed by atoms with Crippen molar-refractivity contribution in [3.63, 3.8) is 0 Å². The quantitative estimate of drug-likeness (QED) is 0.622. The van der Waals surface area contributed by atoms with Crippen LogP contribution in [0.4, 0.5) is 4.39 Å². The van der Waals surface area contributed by atoms with Crippen molar-refractivity contribution < 1.29 is 9.18 Å². The van der Waals surface area contributed by atoms with Gasteiger partial charge in [0.2, 0.25) is 0 Å². The van der Waals surface area contributed by atoms with Gasteiger partial charge in [-0.1, -0.05) is 41.8 Å². The molecule has 1 saturated heterocycles. The van der Waals surface area contributed by atoms with Gasteiger partial charge in [0.05, 0.1) is 15.7 Å². The lowest BCUT2D eigenvalue weighted by atomic mass is 10.2. The highest BCUT2D eigenvalue weighted by molar-refractivity contribution is 6.33. The third-order valence-corrected chi connectivity index (χ3v) is 5.47. The van der Waals surface area contributed by atoms with Gasteiger partial charge >= 0.3 is 0 Å². The van der Waals surface area contributed by atoms with Gasteiger partial charge in [-0.05, 0) is 43.2 Å². The van der Waals surface area contributed by atoms with Crippen molar-refractivity contribution in [2.45, 2.75) is 19.3 Å². The van der Waals surface area contributed by atoms with Crippen LogP contribution in [0.1, 0.15) is 29.8 Å². The van der Waals surface area contributed by atoms with Gasteiger partial charge in [0.1, 0.15) is 17.3 Å². The molecule has 1 fully saturated rings. The molecule has 0 saturated carbocycles. The molecule has 0 spiro atoms. The van der Waals surface area contributed by atoms with Crippen molar-refractivity contribution >= 4 is 29.1 Å². The van der Waals surface area contributed by atoms with Crippen LogP contribution in [0.2, 0.25) is 10.0 Å². The standard InChI is InChI=1S/C21H19Cl2FN4O/c22-16-7-3-2-6-15(16)20-25-18(21(29)26-27-10-4-1-5-11-27)13-28(20)19-9-8-14(24)12-17(19)23/h2-3,6-9,12-13H,1,4-5,10-11H2,(H,26,29). The summed E-state index contributed by atoms with van der Waals surface area (Å²) in [7, 11) is 0. The first-order valence-electron chi connectivity index (χ1n) is 9.38. The molecule has 1 aromatic heterocycles. The molecule has 0 unspecified atom stereocenters. The Bertz CT molecular complexity index is 1050. The van der Waals surface area contributed by atoms with Gasteiger partial charge in [0, 0.05) is 24.8 Å². The number of halogens is 3. The maximum absolute atomic E-state index is 13.5. The van der Waals surface area contributed by atoms with E-state index in [0.29, 0.717) is 22.1 Å². The number of amides is 1. The van der Waals surface area contributed by atoms with Crippen LogP contribution in [-0.2, 0) is 0 Å². The molecule has 1 amide bonds. The molecule has 2 heterocycles. The molecule has 5 nitrogen and oxygen atoms in total. The normalized spacial score (nSPS) is 14.7. The molecule has 2 aromatic carbocycles. The highest BCUT2D eigenvalue weighted by atomic mass is 35.5. The SMILES string of the molecule is O=C(NN1CCCCC1)c1cn(-c2ccc(F)cc2Cl)c(-c2ccccc2Cl)n1. The largest absolute Gasteiger partial charge is 0.297 e. The molecule has 8 heteroatoms. The zero-order valence-corrected chi connectivity index (χ0v) is 17.0. The van der Waals surface area contributed by atoms with Gasteiger partial charge < -0.3 is 0 Å². The first-order chi connectivity index (χ1) is 14.0. The highest BCUT2D eigenvalue weighted by Crippen LogP contribution is 2.32. The summed E-state index contributed by atoms with van der Waals surface area (Å²) in [6, 6.07) is 11.3. The van der Waals surface area contributed by atoms with Crippen LogP contribution in [0.25, 0.3) is 17.1 Å². The van der Waals surface area contributed by atoms with Crippen LogP contribution in [0.15, 0.2) is 48.7 Å². The van der Waals surface area contributed by atoms with Gasteiger partial charge in [-0.2, -0.15) is 0 Å². The predicted molar refractivity (Wildman–Crippen MR) is 112 cm³/mol. The lowest BCUT2D eigenvalue weighted by Gasteiger charge is -2.26. The van der Waals surface area contributed by atoms with E-state index in [1.165, 1.54) is 18.6 Å². The minimum absolute atomic E-state index is 0.207. The maximum Gasteiger partial charge on any atom is 0.285 e. The van der Waals surface area contributed by atoms with Crippen LogP contribution in [-0.4, -0.2) is 33.6 Å². The topological polar surface area (TPSA) is 50.2 Å². The summed E-state index contributed by atoms with van der Waals surface area (Å²) in [6.45, 7) is 1.63. The number of benzene rings is 2. The average Bonchev–Trinajstić information content (AvgIpc) is 3.14. The number of imidazole rings is 1. The lowest BCUT2D eigenvalue weighted by Crippen LogP contribution is -2.45. The summed E-state index contributed by atoms with van der Waals surface area (Å²) >= 11 is 12.6. The number of piperidine rings is 1. The molecule has 1 N–H and O–H groups in total. The Balaban J connectivity index is 1.76. The maximum atomic E-state index is 13.5. The molecule has 0 aliphatic carbocycles. The minimum Gasteiger partial charge on any atom is -0.297 e. The first kappa shape index (κ1) is 19.9. The van der Waals surface area contributed by atoms with Crippen LogP contribution in [0, 0.1) is 5.82 Å². The van der Waals surface area contributed by atoms with Crippen LogP contribution in [0.3, 0.4) is 0 Å². The van der Waals surface area contributed by atoms with Crippen molar-refractivity contribution in [1.29, 1.82) is 0 Å². The second-order valence-electron chi connectivity index (χ2n) is 6.88. The third-order valence-electron chi connectivity index (χ3n) is 4.84. The predicted octanol–water partition coefficient (Wildman–Crippen LogP) is 5.12. The Morgan fingerprint density at radius 2 is 1.79 bits per heavy atom. The number of nitrogens with one attached hydrogen (secondary N) is 1. The molecule has 0 bridgehead atoms. The molecule has 1 aliphatic heterocycles. The number of hydrazine groups is 1. The minimum atomic E-state index is -0.443. The number of carbonyl (C=O) groups is 1. The number of hydrogen-bond donors (Lipinski definition) is 1. The van der Waals surface area contributed by atoms with Gasteiger partial charge in [-0.3, -0.25) is 14.8 Å². The fourth-order valence-electron chi connectivity index (χ4n) is 3.39. The van der Waals surface area contributed by atoms with E-state index in [-0.39, 0.29) is 16.6 Å². The monoisotopic (exact) mass is 432 g/mol. The van der Waals surface area contributed by atoms with E-state index in [1.807, 2.05) is 23.2 Å². The average molecular weight is 433 g/mol.